The van der Waals surface area contributed by atoms with Gasteiger partial charge in [0.1, 0.15) is 5.82 Å². The molecule has 0 aliphatic carbocycles. The Morgan fingerprint density at radius 3 is 2.17 bits per heavy atom. The van der Waals surface area contributed by atoms with Crippen LogP contribution in [0.1, 0.15) is 16.7 Å². The van der Waals surface area contributed by atoms with Gasteiger partial charge < -0.3 is 0 Å². The monoisotopic (exact) mass is 347 g/mol. The lowest BCUT2D eigenvalue weighted by atomic mass is 10.1. The maximum absolute atomic E-state index is 13.2. The Bertz CT molecular complexity index is 845. The number of hydrogen-bond donors (Lipinski definition) is 1. The van der Waals surface area contributed by atoms with Gasteiger partial charge in [0.2, 0.25) is 0 Å². The Hall–Kier alpha value is -2.09. The van der Waals surface area contributed by atoms with Gasteiger partial charge in [0.05, 0.1) is 10.5 Å². The molecule has 0 atom stereocenters. The molecule has 0 fully saturated rings. The fourth-order valence-electron chi connectivity index (χ4n) is 1.90. The van der Waals surface area contributed by atoms with Crippen molar-refractivity contribution in [2.45, 2.75) is 24.9 Å². The summed E-state index contributed by atoms with van der Waals surface area (Å²) in [5, 5.41) is 0. The average Bonchev–Trinajstić information content (AvgIpc) is 2.42. The van der Waals surface area contributed by atoms with Crippen LogP contribution >= 0.6 is 0 Å². The lowest BCUT2D eigenvalue weighted by Crippen LogP contribution is -2.15. The van der Waals surface area contributed by atoms with Crippen LogP contribution in [0.25, 0.3) is 0 Å². The number of sulfonamides is 1. The van der Waals surface area contributed by atoms with E-state index in [1.165, 1.54) is 12.1 Å². The number of alkyl halides is 3. The zero-order valence-corrected chi connectivity index (χ0v) is 13.0. The highest BCUT2D eigenvalue weighted by molar-refractivity contribution is 7.92. The second kappa shape index (κ2) is 5.84. The van der Waals surface area contributed by atoms with Gasteiger partial charge in [0, 0.05) is 5.69 Å². The Kier molecular flexibility index (Phi) is 4.39. The van der Waals surface area contributed by atoms with E-state index < -0.39 is 27.6 Å². The first-order valence-electron chi connectivity index (χ1n) is 6.47. The lowest BCUT2D eigenvalue weighted by Gasteiger charge is -2.13. The molecule has 8 heteroatoms. The molecular weight excluding hydrogens is 334 g/mol. The van der Waals surface area contributed by atoms with Crippen molar-refractivity contribution in [1.82, 2.24) is 0 Å². The molecule has 0 heterocycles. The average molecular weight is 347 g/mol. The normalized spacial score (nSPS) is 12.3. The SMILES string of the molecule is Cc1ccc(S(=O)(=O)Nc2ccc(F)c(C(F)(F)F)c2)cc1C. The van der Waals surface area contributed by atoms with E-state index in [9.17, 15) is 26.0 Å². The first-order chi connectivity index (χ1) is 10.5. The van der Waals surface area contributed by atoms with E-state index in [0.717, 1.165) is 17.2 Å². The molecular formula is C15H13F4NO2S. The molecule has 0 bridgehead atoms. The van der Waals surface area contributed by atoms with Crippen LogP contribution in [0.4, 0.5) is 23.2 Å². The third-order valence-electron chi connectivity index (χ3n) is 3.31. The van der Waals surface area contributed by atoms with Crippen LogP contribution in [-0.2, 0) is 16.2 Å². The summed E-state index contributed by atoms with van der Waals surface area (Å²) in [4.78, 5) is -0.0847. The van der Waals surface area contributed by atoms with Gasteiger partial charge in [-0.3, -0.25) is 4.72 Å². The van der Waals surface area contributed by atoms with Crippen molar-refractivity contribution in [1.29, 1.82) is 0 Å². The molecule has 1 N–H and O–H groups in total. The minimum absolute atomic E-state index is 0.0847. The van der Waals surface area contributed by atoms with Crippen LogP contribution in [-0.4, -0.2) is 8.42 Å². The largest absolute Gasteiger partial charge is 0.419 e. The summed E-state index contributed by atoms with van der Waals surface area (Å²) in [6, 6.07) is 6.28. The molecule has 0 radical (unpaired) electrons. The van der Waals surface area contributed by atoms with E-state index in [0.29, 0.717) is 12.1 Å². The highest BCUT2D eigenvalue weighted by atomic mass is 32.2. The number of anilines is 1. The molecule has 23 heavy (non-hydrogen) atoms. The highest BCUT2D eigenvalue weighted by Gasteiger charge is 2.34. The van der Waals surface area contributed by atoms with Crippen molar-refractivity contribution < 1.29 is 26.0 Å². The molecule has 0 amide bonds. The van der Waals surface area contributed by atoms with Crippen molar-refractivity contribution in [2.24, 2.45) is 0 Å². The van der Waals surface area contributed by atoms with Crippen molar-refractivity contribution >= 4 is 15.7 Å². The molecule has 0 saturated carbocycles. The van der Waals surface area contributed by atoms with Gasteiger partial charge in [0.15, 0.2) is 0 Å². The molecule has 0 saturated heterocycles. The van der Waals surface area contributed by atoms with Gasteiger partial charge in [-0.15, -0.1) is 0 Å². The Labute approximate surface area is 131 Å². The van der Waals surface area contributed by atoms with Crippen LogP contribution in [0, 0.1) is 19.7 Å². The van der Waals surface area contributed by atoms with Gasteiger partial charge in [-0.2, -0.15) is 13.2 Å². The number of rotatable bonds is 3. The summed E-state index contributed by atoms with van der Waals surface area (Å²) in [5.41, 5.74) is -0.289. The first-order valence-corrected chi connectivity index (χ1v) is 7.96. The predicted molar refractivity (Wildman–Crippen MR) is 78.1 cm³/mol. The molecule has 0 unspecified atom stereocenters. The van der Waals surface area contributed by atoms with E-state index in [2.05, 4.69) is 0 Å². The van der Waals surface area contributed by atoms with Crippen LogP contribution < -0.4 is 4.72 Å². The number of hydrogen-bond acceptors (Lipinski definition) is 2. The molecule has 0 aliphatic heterocycles. The van der Waals surface area contributed by atoms with E-state index in [1.54, 1.807) is 19.9 Å². The molecule has 0 aliphatic rings. The lowest BCUT2D eigenvalue weighted by molar-refractivity contribution is -0.139. The fraction of sp³-hybridized carbons (Fsp3) is 0.200. The van der Waals surface area contributed by atoms with Crippen LogP contribution in [0.3, 0.4) is 0 Å². The minimum atomic E-state index is -4.91. The maximum atomic E-state index is 13.2. The number of aryl methyl sites for hydroxylation is 2. The third-order valence-corrected chi connectivity index (χ3v) is 4.69. The van der Waals surface area contributed by atoms with Crippen LogP contribution in [0.15, 0.2) is 41.3 Å². The fourth-order valence-corrected chi connectivity index (χ4v) is 3.04. The van der Waals surface area contributed by atoms with Gasteiger partial charge in [-0.1, -0.05) is 6.07 Å². The Balaban J connectivity index is 2.39. The van der Waals surface area contributed by atoms with Crippen LogP contribution in [0.2, 0.25) is 0 Å². The zero-order valence-electron chi connectivity index (χ0n) is 12.2. The summed E-state index contributed by atoms with van der Waals surface area (Å²) in [6.45, 7) is 3.52. The molecule has 2 rings (SSSR count). The molecule has 124 valence electrons. The molecule has 2 aromatic rings. The topological polar surface area (TPSA) is 46.2 Å². The predicted octanol–water partition coefficient (Wildman–Crippen LogP) is 4.26. The van der Waals surface area contributed by atoms with Gasteiger partial charge in [0.25, 0.3) is 10.0 Å². The van der Waals surface area contributed by atoms with Gasteiger partial charge in [-0.05, 0) is 55.3 Å². The summed E-state index contributed by atoms with van der Waals surface area (Å²) in [5.74, 6) is -1.47. The van der Waals surface area contributed by atoms with Crippen LogP contribution in [0.5, 0.6) is 0 Å². The summed E-state index contributed by atoms with van der Waals surface area (Å²) in [7, 11) is -4.07. The van der Waals surface area contributed by atoms with Crippen molar-refractivity contribution in [3.05, 3.63) is 58.9 Å². The quantitative estimate of drug-likeness (QED) is 0.843. The van der Waals surface area contributed by atoms with Crippen molar-refractivity contribution in [3.8, 4) is 0 Å². The van der Waals surface area contributed by atoms with E-state index in [1.807, 2.05) is 4.72 Å². The summed E-state index contributed by atoms with van der Waals surface area (Å²) in [6.07, 6.45) is -4.91. The zero-order chi connectivity index (χ0) is 17.4. The second-order valence-electron chi connectivity index (χ2n) is 5.04. The van der Waals surface area contributed by atoms with E-state index in [4.69, 9.17) is 0 Å². The summed E-state index contributed by atoms with van der Waals surface area (Å²) >= 11 is 0. The highest BCUT2D eigenvalue weighted by Crippen LogP contribution is 2.33. The van der Waals surface area contributed by atoms with E-state index >= 15 is 0 Å². The molecule has 2 aromatic carbocycles. The van der Waals surface area contributed by atoms with Crippen molar-refractivity contribution in [3.63, 3.8) is 0 Å². The molecule has 3 nitrogen and oxygen atoms in total. The molecule has 0 spiro atoms. The number of benzene rings is 2. The standard InChI is InChI=1S/C15H13F4NO2S/c1-9-3-5-12(7-10(9)2)23(21,22)20-11-4-6-14(16)13(8-11)15(17,18)19/h3-8,20H,1-2H3. The molecule has 0 aromatic heterocycles. The number of nitrogens with one attached hydrogen (secondary N) is 1. The second-order valence-corrected chi connectivity index (χ2v) is 6.73. The first kappa shape index (κ1) is 17.3. The minimum Gasteiger partial charge on any atom is -0.280 e. The Morgan fingerprint density at radius 1 is 0.957 bits per heavy atom. The summed E-state index contributed by atoms with van der Waals surface area (Å²) < 4.78 is 77.7. The Morgan fingerprint density at radius 2 is 1.61 bits per heavy atom. The van der Waals surface area contributed by atoms with Gasteiger partial charge >= 0.3 is 6.18 Å². The maximum Gasteiger partial charge on any atom is 0.419 e. The van der Waals surface area contributed by atoms with Gasteiger partial charge in [-0.25, -0.2) is 12.8 Å². The number of halogens is 4. The smallest absolute Gasteiger partial charge is 0.280 e. The van der Waals surface area contributed by atoms with E-state index in [-0.39, 0.29) is 10.6 Å². The van der Waals surface area contributed by atoms with Crippen molar-refractivity contribution in [2.75, 3.05) is 4.72 Å². The third kappa shape index (κ3) is 3.82.